The SMILES string of the molecule is Cc1ccc(C(=O)Nc2ccccc2OC(C)C)c(F)c1. The Labute approximate surface area is 123 Å². The molecule has 0 atom stereocenters. The van der Waals surface area contributed by atoms with Gasteiger partial charge in [-0.25, -0.2) is 4.39 Å². The molecule has 2 aromatic carbocycles. The zero-order valence-corrected chi connectivity index (χ0v) is 12.3. The topological polar surface area (TPSA) is 38.3 Å². The van der Waals surface area contributed by atoms with Gasteiger partial charge in [-0.05, 0) is 50.6 Å². The van der Waals surface area contributed by atoms with Crippen molar-refractivity contribution in [1.29, 1.82) is 0 Å². The van der Waals surface area contributed by atoms with E-state index in [1.54, 1.807) is 31.2 Å². The van der Waals surface area contributed by atoms with E-state index in [0.717, 1.165) is 5.56 Å². The van der Waals surface area contributed by atoms with Crippen LogP contribution in [0.5, 0.6) is 5.75 Å². The van der Waals surface area contributed by atoms with Crippen LogP contribution in [0, 0.1) is 12.7 Å². The van der Waals surface area contributed by atoms with Crippen LogP contribution in [0.4, 0.5) is 10.1 Å². The average Bonchev–Trinajstić information content (AvgIpc) is 2.40. The standard InChI is InChI=1S/C17H18FNO2/c1-11(2)21-16-7-5-4-6-15(16)19-17(20)13-9-8-12(3)10-14(13)18/h4-11H,1-3H3,(H,19,20). The van der Waals surface area contributed by atoms with Gasteiger partial charge in [0, 0.05) is 0 Å². The summed E-state index contributed by atoms with van der Waals surface area (Å²) in [5.41, 5.74) is 1.31. The molecule has 1 amide bonds. The molecular weight excluding hydrogens is 269 g/mol. The molecule has 0 fully saturated rings. The van der Waals surface area contributed by atoms with Crippen LogP contribution in [-0.2, 0) is 0 Å². The number of halogens is 1. The van der Waals surface area contributed by atoms with E-state index in [2.05, 4.69) is 5.32 Å². The average molecular weight is 287 g/mol. The Morgan fingerprint density at radius 1 is 1.19 bits per heavy atom. The van der Waals surface area contributed by atoms with Gasteiger partial charge in [-0.15, -0.1) is 0 Å². The summed E-state index contributed by atoms with van der Waals surface area (Å²) in [7, 11) is 0. The van der Waals surface area contributed by atoms with E-state index in [9.17, 15) is 9.18 Å². The highest BCUT2D eigenvalue weighted by Crippen LogP contribution is 2.25. The lowest BCUT2D eigenvalue weighted by Crippen LogP contribution is -2.15. The molecule has 0 aliphatic heterocycles. The van der Waals surface area contributed by atoms with Gasteiger partial charge in [0.15, 0.2) is 0 Å². The first-order chi connectivity index (χ1) is 9.97. The molecule has 0 heterocycles. The van der Waals surface area contributed by atoms with Crippen LogP contribution in [0.25, 0.3) is 0 Å². The van der Waals surface area contributed by atoms with E-state index < -0.39 is 11.7 Å². The highest BCUT2D eigenvalue weighted by Gasteiger charge is 2.14. The van der Waals surface area contributed by atoms with E-state index in [-0.39, 0.29) is 11.7 Å². The van der Waals surface area contributed by atoms with E-state index in [0.29, 0.717) is 11.4 Å². The summed E-state index contributed by atoms with van der Waals surface area (Å²) in [5.74, 6) is -0.463. The second-order valence-corrected chi connectivity index (χ2v) is 5.10. The summed E-state index contributed by atoms with van der Waals surface area (Å²) in [6.07, 6.45) is -0.0147. The van der Waals surface area contributed by atoms with Crippen LogP contribution in [0.3, 0.4) is 0 Å². The molecule has 0 saturated heterocycles. The lowest BCUT2D eigenvalue weighted by Gasteiger charge is -2.15. The number of hydrogen-bond donors (Lipinski definition) is 1. The van der Waals surface area contributed by atoms with Crippen LogP contribution in [0.1, 0.15) is 29.8 Å². The number of ether oxygens (including phenoxy) is 1. The third-order valence-corrected chi connectivity index (χ3v) is 2.87. The minimum atomic E-state index is -0.533. The Kier molecular flexibility index (Phi) is 4.58. The second-order valence-electron chi connectivity index (χ2n) is 5.10. The first kappa shape index (κ1) is 15.0. The molecule has 0 aromatic heterocycles. The van der Waals surface area contributed by atoms with Crippen molar-refractivity contribution in [1.82, 2.24) is 0 Å². The molecule has 0 aliphatic carbocycles. The van der Waals surface area contributed by atoms with Gasteiger partial charge < -0.3 is 10.1 Å². The van der Waals surface area contributed by atoms with E-state index >= 15 is 0 Å². The number of nitrogens with one attached hydrogen (secondary N) is 1. The van der Waals surface area contributed by atoms with Crippen molar-refractivity contribution < 1.29 is 13.9 Å². The van der Waals surface area contributed by atoms with Crippen molar-refractivity contribution in [3.8, 4) is 5.75 Å². The molecule has 0 bridgehead atoms. The van der Waals surface area contributed by atoms with Crippen LogP contribution in [-0.4, -0.2) is 12.0 Å². The van der Waals surface area contributed by atoms with Crippen molar-refractivity contribution >= 4 is 11.6 Å². The summed E-state index contributed by atoms with van der Waals surface area (Å²) in [6.45, 7) is 5.58. The number of hydrogen-bond acceptors (Lipinski definition) is 2. The van der Waals surface area contributed by atoms with E-state index in [1.807, 2.05) is 19.9 Å². The highest BCUT2D eigenvalue weighted by atomic mass is 19.1. The summed E-state index contributed by atoms with van der Waals surface area (Å²) < 4.78 is 19.4. The molecule has 0 radical (unpaired) electrons. The third kappa shape index (κ3) is 3.81. The van der Waals surface area contributed by atoms with Crippen molar-refractivity contribution in [3.63, 3.8) is 0 Å². The lowest BCUT2D eigenvalue weighted by molar-refractivity contribution is 0.102. The third-order valence-electron chi connectivity index (χ3n) is 2.87. The maximum atomic E-state index is 13.8. The fourth-order valence-corrected chi connectivity index (χ4v) is 1.92. The fourth-order valence-electron chi connectivity index (χ4n) is 1.92. The van der Waals surface area contributed by atoms with Crippen molar-refractivity contribution in [3.05, 3.63) is 59.4 Å². The second kappa shape index (κ2) is 6.39. The zero-order valence-electron chi connectivity index (χ0n) is 12.3. The van der Waals surface area contributed by atoms with Gasteiger partial charge in [-0.2, -0.15) is 0 Å². The van der Waals surface area contributed by atoms with Crippen molar-refractivity contribution in [2.75, 3.05) is 5.32 Å². The van der Waals surface area contributed by atoms with Gasteiger partial charge in [0.25, 0.3) is 5.91 Å². The van der Waals surface area contributed by atoms with Gasteiger partial charge in [0.2, 0.25) is 0 Å². The molecule has 0 unspecified atom stereocenters. The van der Waals surface area contributed by atoms with Gasteiger partial charge in [0.1, 0.15) is 11.6 Å². The summed E-state index contributed by atoms with van der Waals surface area (Å²) in [5, 5.41) is 2.69. The van der Waals surface area contributed by atoms with Crippen LogP contribution < -0.4 is 10.1 Å². The lowest BCUT2D eigenvalue weighted by atomic mass is 10.1. The first-order valence-corrected chi connectivity index (χ1v) is 6.80. The molecule has 21 heavy (non-hydrogen) atoms. The normalized spacial score (nSPS) is 10.5. The molecule has 2 aromatic rings. The zero-order chi connectivity index (χ0) is 15.4. The highest BCUT2D eigenvalue weighted by molar-refractivity contribution is 6.05. The van der Waals surface area contributed by atoms with Crippen LogP contribution in [0.15, 0.2) is 42.5 Å². The Morgan fingerprint density at radius 2 is 1.90 bits per heavy atom. The predicted octanol–water partition coefficient (Wildman–Crippen LogP) is 4.17. The molecule has 4 heteroatoms. The molecule has 0 spiro atoms. The monoisotopic (exact) mass is 287 g/mol. The minimum Gasteiger partial charge on any atom is -0.489 e. The number of carbonyl (C=O) groups is 1. The fraction of sp³-hybridized carbons (Fsp3) is 0.235. The molecule has 0 aliphatic rings. The minimum absolute atomic E-state index is 0.0138. The predicted molar refractivity (Wildman–Crippen MR) is 81.3 cm³/mol. The number of aryl methyl sites for hydroxylation is 1. The van der Waals surface area contributed by atoms with Crippen LogP contribution >= 0.6 is 0 Å². The first-order valence-electron chi connectivity index (χ1n) is 6.80. The largest absolute Gasteiger partial charge is 0.489 e. The number of amides is 1. The molecule has 3 nitrogen and oxygen atoms in total. The molecule has 2 rings (SSSR count). The molecule has 0 saturated carbocycles. The van der Waals surface area contributed by atoms with Crippen LogP contribution in [0.2, 0.25) is 0 Å². The Bertz CT molecular complexity index is 653. The number of benzene rings is 2. The summed E-state index contributed by atoms with van der Waals surface area (Å²) in [4.78, 5) is 12.2. The smallest absolute Gasteiger partial charge is 0.258 e. The van der Waals surface area contributed by atoms with Gasteiger partial charge in [-0.3, -0.25) is 4.79 Å². The molecule has 1 N–H and O–H groups in total. The van der Waals surface area contributed by atoms with Crippen molar-refractivity contribution in [2.24, 2.45) is 0 Å². The number of para-hydroxylation sites is 2. The van der Waals surface area contributed by atoms with E-state index in [4.69, 9.17) is 4.74 Å². The van der Waals surface area contributed by atoms with Gasteiger partial charge in [-0.1, -0.05) is 18.2 Å². The number of carbonyl (C=O) groups excluding carboxylic acids is 1. The summed E-state index contributed by atoms with van der Waals surface area (Å²) >= 11 is 0. The summed E-state index contributed by atoms with van der Waals surface area (Å²) in [6, 6.07) is 11.6. The number of rotatable bonds is 4. The van der Waals surface area contributed by atoms with Gasteiger partial charge >= 0.3 is 0 Å². The van der Waals surface area contributed by atoms with Gasteiger partial charge in [0.05, 0.1) is 17.4 Å². The Morgan fingerprint density at radius 3 is 2.57 bits per heavy atom. The Hall–Kier alpha value is -2.36. The maximum Gasteiger partial charge on any atom is 0.258 e. The number of anilines is 1. The molecular formula is C17H18FNO2. The van der Waals surface area contributed by atoms with Crippen molar-refractivity contribution in [2.45, 2.75) is 26.9 Å². The molecule has 110 valence electrons. The quantitative estimate of drug-likeness (QED) is 0.916. The van der Waals surface area contributed by atoms with E-state index in [1.165, 1.54) is 12.1 Å². The maximum absolute atomic E-state index is 13.8. The Balaban J connectivity index is 2.23.